The summed E-state index contributed by atoms with van der Waals surface area (Å²) in [4.78, 5) is 21.8. The lowest BCUT2D eigenvalue weighted by molar-refractivity contribution is -0.137. The highest BCUT2D eigenvalue weighted by molar-refractivity contribution is 8.00. The van der Waals surface area contributed by atoms with E-state index in [9.17, 15) is 23.2 Å². The fourth-order valence-corrected chi connectivity index (χ4v) is 3.10. The molecule has 142 valence electrons. The first-order valence-corrected chi connectivity index (χ1v) is 8.66. The predicted octanol–water partition coefficient (Wildman–Crippen LogP) is 2.92. The maximum absolute atomic E-state index is 12.7. The topological polar surface area (TPSA) is 95.9 Å². The Hall–Kier alpha value is -2.80. The van der Waals surface area contributed by atoms with E-state index in [0.717, 1.165) is 23.9 Å². The minimum absolute atomic E-state index is 0.0365. The van der Waals surface area contributed by atoms with Crippen LogP contribution in [0.25, 0.3) is 0 Å². The molecule has 0 amide bonds. The van der Waals surface area contributed by atoms with Crippen molar-refractivity contribution in [1.29, 1.82) is 5.26 Å². The van der Waals surface area contributed by atoms with Gasteiger partial charge in [-0.15, -0.1) is 0 Å². The number of Topliss-reactive ketones (excluding diaryl/α,β-unsaturated/α-hetero) is 1. The van der Waals surface area contributed by atoms with Gasteiger partial charge < -0.3 is 10.6 Å². The van der Waals surface area contributed by atoms with Gasteiger partial charge in [0, 0.05) is 20.5 Å². The molecule has 2 aromatic rings. The molecule has 1 aromatic carbocycles. The van der Waals surface area contributed by atoms with Gasteiger partial charge in [0.05, 0.1) is 11.3 Å². The number of nitriles is 1. The molecule has 1 aromatic heterocycles. The van der Waals surface area contributed by atoms with Gasteiger partial charge in [-0.25, -0.2) is 4.98 Å². The van der Waals surface area contributed by atoms with E-state index < -0.39 is 11.7 Å². The van der Waals surface area contributed by atoms with Gasteiger partial charge in [-0.1, -0.05) is 30.0 Å². The number of nitrogens with two attached hydrogens (primary N) is 1. The number of halogens is 3. The van der Waals surface area contributed by atoms with E-state index >= 15 is 0 Å². The summed E-state index contributed by atoms with van der Waals surface area (Å²) in [5, 5.41) is 9.60. The van der Waals surface area contributed by atoms with Crippen LogP contribution >= 0.6 is 11.8 Å². The summed E-state index contributed by atoms with van der Waals surface area (Å²) in [7, 11) is 3.38. The van der Waals surface area contributed by atoms with Crippen molar-refractivity contribution in [3.05, 3.63) is 41.0 Å². The van der Waals surface area contributed by atoms with Gasteiger partial charge in [0.25, 0.3) is 0 Å². The normalized spacial score (nSPS) is 11.1. The van der Waals surface area contributed by atoms with Gasteiger partial charge >= 0.3 is 6.18 Å². The maximum Gasteiger partial charge on any atom is 0.416 e. The van der Waals surface area contributed by atoms with Crippen LogP contribution in [0.4, 0.5) is 24.9 Å². The van der Waals surface area contributed by atoms with Crippen LogP contribution in [0.5, 0.6) is 0 Å². The maximum atomic E-state index is 12.7. The van der Waals surface area contributed by atoms with Gasteiger partial charge in [-0.05, 0) is 11.6 Å². The number of thioether (sulfide) groups is 1. The fraction of sp³-hybridized carbons (Fsp3) is 0.294. The van der Waals surface area contributed by atoms with E-state index in [-0.39, 0.29) is 40.1 Å². The summed E-state index contributed by atoms with van der Waals surface area (Å²) in [6.45, 7) is 0. The van der Waals surface area contributed by atoms with E-state index in [1.54, 1.807) is 19.0 Å². The Labute approximate surface area is 158 Å². The molecule has 0 saturated carbocycles. The van der Waals surface area contributed by atoms with E-state index in [0.29, 0.717) is 5.82 Å². The second-order valence-corrected chi connectivity index (χ2v) is 6.76. The number of hydrogen-bond acceptors (Lipinski definition) is 7. The van der Waals surface area contributed by atoms with Crippen molar-refractivity contribution >= 4 is 29.3 Å². The van der Waals surface area contributed by atoms with Crippen molar-refractivity contribution in [2.75, 3.05) is 30.5 Å². The Morgan fingerprint density at radius 1 is 1.33 bits per heavy atom. The lowest BCUT2D eigenvalue weighted by Crippen LogP contribution is -2.15. The van der Waals surface area contributed by atoms with Crippen molar-refractivity contribution in [3.8, 4) is 6.07 Å². The van der Waals surface area contributed by atoms with Crippen molar-refractivity contribution < 1.29 is 18.0 Å². The van der Waals surface area contributed by atoms with E-state index in [2.05, 4.69) is 9.97 Å². The number of nitrogens with zero attached hydrogens (tertiary/aromatic N) is 4. The summed E-state index contributed by atoms with van der Waals surface area (Å²) in [6.07, 6.45) is -4.61. The van der Waals surface area contributed by atoms with E-state index in [4.69, 9.17) is 5.73 Å². The number of rotatable bonds is 6. The summed E-state index contributed by atoms with van der Waals surface area (Å²) in [6, 6.07) is 6.63. The average molecular weight is 395 g/mol. The molecule has 6 nitrogen and oxygen atoms in total. The second-order valence-electron chi connectivity index (χ2n) is 5.79. The number of alkyl halides is 3. The van der Waals surface area contributed by atoms with Crippen LogP contribution in [0.3, 0.4) is 0 Å². The highest BCUT2D eigenvalue weighted by atomic mass is 32.2. The first kappa shape index (κ1) is 20.5. The molecule has 1 heterocycles. The fourth-order valence-electron chi connectivity index (χ4n) is 2.26. The first-order chi connectivity index (χ1) is 12.6. The Morgan fingerprint density at radius 2 is 2.04 bits per heavy atom. The van der Waals surface area contributed by atoms with Gasteiger partial charge in [0.1, 0.15) is 22.4 Å². The number of benzene rings is 1. The summed E-state index contributed by atoms with van der Waals surface area (Å²) >= 11 is 1.00. The van der Waals surface area contributed by atoms with Crippen LogP contribution in [-0.2, 0) is 17.4 Å². The minimum atomic E-state index is -4.46. The third-order valence-electron chi connectivity index (χ3n) is 3.43. The van der Waals surface area contributed by atoms with Crippen molar-refractivity contribution in [2.24, 2.45) is 0 Å². The largest absolute Gasteiger partial charge is 0.416 e. The number of anilines is 2. The van der Waals surface area contributed by atoms with Crippen LogP contribution in [0.15, 0.2) is 29.3 Å². The number of carbonyl (C=O) groups is 1. The molecule has 0 spiro atoms. The zero-order valence-corrected chi connectivity index (χ0v) is 15.4. The number of nitrogen functional groups attached to an aromatic ring is 1. The summed E-state index contributed by atoms with van der Waals surface area (Å²) in [5.41, 5.74) is 5.30. The summed E-state index contributed by atoms with van der Waals surface area (Å²) in [5.74, 6) is -0.0657. The zero-order valence-electron chi connectivity index (χ0n) is 14.5. The molecular weight excluding hydrogens is 379 g/mol. The first-order valence-electron chi connectivity index (χ1n) is 7.67. The molecule has 0 atom stereocenters. The standard InChI is InChI=1S/C17H16F3N5OS/c1-25(2)14-13(8-21)15(24-16(22)23-14)27-9-12(26)7-10-4-3-5-11(6-10)17(18,19)20/h3-6H,7,9H2,1-2H3,(H2,22,23,24). The second kappa shape index (κ2) is 8.26. The third-order valence-corrected chi connectivity index (χ3v) is 4.47. The van der Waals surface area contributed by atoms with Crippen LogP contribution in [0, 0.1) is 11.3 Å². The Bertz CT molecular complexity index is 893. The van der Waals surface area contributed by atoms with Crippen LogP contribution in [-0.4, -0.2) is 35.6 Å². The van der Waals surface area contributed by atoms with Gasteiger partial charge in [-0.2, -0.15) is 23.4 Å². The number of carbonyl (C=O) groups excluding carboxylic acids is 1. The molecule has 0 unspecified atom stereocenters. The number of aromatic nitrogens is 2. The quantitative estimate of drug-likeness (QED) is 0.593. The predicted molar refractivity (Wildman–Crippen MR) is 96.4 cm³/mol. The van der Waals surface area contributed by atoms with Crippen molar-refractivity contribution in [1.82, 2.24) is 9.97 Å². The average Bonchev–Trinajstić information content (AvgIpc) is 2.58. The van der Waals surface area contributed by atoms with Crippen LogP contribution < -0.4 is 10.6 Å². The zero-order chi connectivity index (χ0) is 20.2. The van der Waals surface area contributed by atoms with E-state index in [1.165, 1.54) is 12.1 Å². The van der Waals surface area contributed by atoms with Crippen molar-refractivity contribution in [3.63, 3.8) is 0 Å². The Balaban J connectivity index is 2.12. The number of ketones is 1. The molecule has 2 rings (SSSR count). The van der Waals surface area contributed by atoms with Crippen LogP contribution in [0.1, 0.15) is 16.7 Å². The molecule has 0 radical (unpaired) electrons. The third kappa shape index (κ3) is 5.34. The van der Waals surface area contributed by atoms with Gasteiger partial charge in [0.2, 0.25) is 5.95 Å². The molecule has 0 fully saturated rings. The smallest absolute Gasteiger partial charge is 0.368 e. The minimum Gasteiger partial charge on any atom is -0.368 e. The van der Waals surface area contributed by atoms with Crippen LogP contribution in [0.2, 0.25) is 0 Å². The molecule has 0 bridgehead atoms. The lowest BCUT2D eigenvalue weighted by atomic mass is 10.1. The van der Waals surface area contributed by atoms with Crippen molar-refractivity contribution in [2.45, 2.75) is 17.6 Å². The molecule has 0 saturated heterocycles. The Morgan fingerprint density at radius 3 is 2.63 bits per heavy atom. The molecule has 0 aliphatic carbocycles. The molecular formula is C17H16F3N5OS. The van der Waals surface area contributed by atoms with Gasteiger partial charge in [-0.3, -0.25) is 4.79 Å². The molecule has 0 aliphatic heterocycles. The molecule has 2 N–H and O–H groups in total. The summed E-state index contributed by atoms with van der Waals surface area (Å²) < 4.78 is 38.2. The molecule has 10 heteroatoms. The molecule has 0 aliphatic rings. The van der Waals surface area contributed by atoms with E-state index in [1.807, 2.05) is 6.07 Å². The number of hydrogen-bond donors (Lipinski definition) is 1. The van der Waals surface area contributed by atoms with Gasteiger partial charge in [0.15, 0.2) is 5.82 Å². The Kier molecular flexibility index (Phi) is 6.28. The SMILES string of the molecule is CN(C)c1nc(N)nc(SCC(=O)Cc2cccc(C(F)(F)F)c2)c1C#N. The highest BCUT2D eigenvalue weighted by Gasteiger charge is 2.30. The molecule has 27 heavy (non-hydrogen) atoms. The monoisotopic (exact) mass is 395 g/mol. The highest BCUT2D eigenvalue weighted by Crippen LogP contribution is 2.30. The lowest BCUT2D eigenvalue weighted by Gasteiger charge is -2.15.